The highest BCUT2D eigenvalue weighted by Crippen LogP contribution is 2.46. The Hall–Kier alpha value is -6.24. The molecule has 0 radical (unpaired) electrons. The Labute approximate surface area is 475 Å². The Morgan fingerprint density at radius 3 is 1.85 bits per heavy atom. The summed E-state index contributed by atoms with van der Waals surface area (Å²) in [6.07, 6.45) is -4.48. The van der Waals surface area contributed by atoms with Crippen LogP contribution in [0.25, 0.3) is 0 Å². The van der Waals surface area contributed by atoms with E-state index in [-0.39, 0.29) is 69.4 Å². The van der Waals surface area contributed by atoms with Gasteiger partial charge in [-0.25, -0.2) is 4.79 Å². The summed E-state index contributed by atoms with van der Waals surface area (Å²) in [6, 6.07) is 24.2. The minimum absolute atomic E-state index is 0.00514. The largest absolute Gasteiger partial charge is 0.497 e. The van der Waals surface area contributed by atoms with Crippen molar-refractivity contribution >= 4 is 32.1 Å². The van der Waals surface area contributed by atoms with E-state index in [1.54, 1.807) is 21.1 Å². The quantitative estimate of drug-likeness (QED) is 0.0218. The van der Waals surface area contributed by atoms with Crippen LogP contribution in [-0.2, 0) is 67.1 Å². The number of esters is 3. The molecule has 2 N–H and O–H groups in total. The van der Waals surface area contributed by atoms with Crippen LogP contribution in [-0.4, -0.2) is 156 Å². The fraction of sp³-hybridized carbons (Fsp3) is 0.559. The zero-order valence-electron chi connectivity index (χ0n) is 49.0. The molecule has 6 rings (SSSR count). The number of carbonyl (C=O) groups excluding carboxylic acids is 4. The maximum atomic E-state index is 13.9. The van der Waals surface area contributed by atoms with Crippen molar-refractivity contribution in [3.05, 3.63) is 128 Å². The minimum Gasteiger partial charge on any atom is -0.497 e. The van der Waals surface area contributed by atoms with Gasteiger partial charge in [0.15, 0.2) is 33.0 Å². The number of aromatic nitrogens is 2. The summed E-state index contributed by atoms with van der Waals surface area (Å²) in [7, 11) is 0.587. The van der Waals surface area contributed by atoms with Gasteiger partial charge >= 0.3 is 23.6 Å². The molecule has 0 unspecified atom stereocenters. The first-order chi connectivity index (χ1) is 38.5. The van der Waals surface area contributed by atoms with Crippen molar-refractivity contribution < 1.29 is 71.0 Å². The normalized spacial score (nSPS) is 21.6. The number of hydrogen-bond acceptors (Lipinski definition) is 18. The number of nitrogens with zero attached hydrogens (tertiary/aromatic N) is 2. The molecule has 1 amide bonds. The molecule has 0 aliphatic carbocycles. The standard InChI is InChI=1S/C59H82N4O17Si/c1-37(2)81(38(3)4,39(5)6)76-36-58(35-75-59(45-17-15-14-16-18-45,46-19-23-48(70-12)24-20-46)47-21-25-49(71-13)26-22-47)34-62(32-51(80-58)63-31-40(7)55(68)61-57(63)69)27-28-72-29-30-73-56-52(60-41(8)64)54(78-44(11)67)53(77-43(10)66)50(79-56)33-74-42(9)65/h14-26,31,37-39,50-54,56H,27-30,32-36H2,1-13H3,(H,60,64)(H,61,68,69)/t50-,51-,52-,53+,54-,56-,58+/m1/s1. The number of methoxy groups -OCH3 is 2. The number of aryl methyl sites for hydroxylation is 1. The first-order valence-corrected chi connectivity index (χ1v) is 29.6. The third-order valence-electron chi connectivity index (χ3n) is 14.9. The van der Waals surface area contributed by atoms with Crippen LogP contribution in [0.5, 0.6) is 11.5 Å². The fourth-order valence-electron chi connectivity index (χ4n) is 11.4. The van der Waals surface area contributed by atoms with Crippen molar-refractivity contribution in [3.8, 4) is 11.5 Å². The topological polar surface area (TPSA) is 240 Å². The van der Waals surface area contributed by atoms with Gasteiger partial charge in [0.05, 0.1) is 47.3 Å². The van der Waals surface area contributed by atoms with E-state index >= 15 is 0 Å². The Kier molecular flexibility index (Phi) is 22.6. The van der Waals surface area contributed by atoms with E-state index in [4.69, 9.17) is 51.8 Å². The molecule has 2 fully saturated rings. The molecule has 3 heterocycles. The van der Waals surface area contributed by atoms with Crippen LogP contribution in [0.3, 0.4) is 0 Å². The second kappa shape index (κ2) is 28.6. The maximum Gasteiger partial charge on any atom is 0.330 e. The molecule has 2 aliphatic rings. The van der Waals surface area contributed by atoms with Gasteiger partial charge in [0.2, 0.25) is 5.91 Å². The van der Waals surface area contributed by atoms with E-state index in [9.17, 15) is 28.8 Å². The summed E-state index contributed by atoms with van der Waals surface area (Å²) < 4.78 is 70.2. The lowest BCUT2D eigenvalue weighted by Crippen LogP contribution is -2.66. The van der Waals surface area contributed by atoms with E-state index in [2.05, 4.69) is 56.7 Å². The summed E-state index contributed by atoms with van der Waals surface area (Å²) in [5.74, 6) is -1.30. The first-order valence-electron chi connectivity index (χ1n) is 27.4. The van der Waals surface area contributed by atoms with E-state index in [0.717, 1.165) is 30.5 Å². The van der Waals surface area contributed by atoms with Crippen molar-refractivity contribution in [1.29, 1.82) is 0 Å². The molecular formula is C59H82N4O17Si. The predicted octanol–water partition coefficient (Wildman–Crippen LogP) is 6.32. The van der Waals surface area contributed by atoms with Crippen molar-refractivity contribution in [2.24, 2.45) is 0 Å². The Bertz CT molecular complexity index is 2760. The predicted molar refractivity (Wildman–Crippen MR) is 301 cm³/mol. The number of H-pyrrole nitrogens is 1. The molecule has 1 aromatic heterocycles. The van der Waals surface area contributed by atoms with Gasteiger partial charge in [0.25, 0.3) is 5.56 Å². The van der Waals surface area contributed by atoms with E-state index in [1.807, 2.05) is 78.9 Å². The van der Waals surface area contributed by atoms with Crippen LogP contribution in [0.4, 0.5) is 0 Å². The molecule has 0 saturated carbocycles. The monoisotopic (exact) mass is 1150 g/mol. The highest BCUT2D eigenvalue weighted by atomic mass is 28.4. The number of carbonyl (C=O) groups is 4. The third kappa shape index (κ3) is 15.7. The Balaban J connectivity index is 1.37. The maximum absolute atomic E-state index is 13.9. The number of benzene rings is 3. The first kappa shape index (κ1) is 63.9. The second-order valence-corrected chi connectivity index (χ2v) is 27.0. The van der Waals surface area contributed by atoms with Crippen molar-refractivity contribution in [2.45, 2.75) is 141 Å². The molecule has 2 aliphatic heterocycles. The van der Waals surface area contributed by atoms with Gasteiger partial charge in [-0.1, -0.05) is 96.1 Å². The molecule has 444 valence electrons. The van der Waals surface area contributed by atoms with E-state index in [0.29, 0.717) is 23.6 Å². The van der Waals surface area contributed by atoms with Crippen LogP contribution in [0, 0.1) is 6.92 Å². The summed E-state index contributed by atoms with van der Waals surface area (Å²) in [6.45, 7) is 20.1. The number of morpholine rings is 1. The Morgan fingerprint density at radius 2 is 1.32 bits per heavy atom. The molecular weight excluding hydrogens is 1060 g/mol. The van der Waals surface area contributed by atoms with Crippen LogP contribution < -0.4 is 26.0 Å². The van der Waals surface area contributed by atoms with Crippen LogP contribution >= 0.6 is 0 Å². The van der Waals surface area contributed by atoms with Crippen molar-refractivity contribution in [2.75, 3.05) is 73.5 Å². The van der Waals surface area contributed by atoms with Crippen LogP contribution in [0.15, 0.2) is 94.6 Å². The van der Waals surface area contributed by atoms with E-state index in [1.165, 1.54) is 24.6 Å². The van der Waals surface area contributed by atoms with Gasteiger partial charge in [-0.15, -0.1) is 0 Å². The average Bonchev–Trinajstić information content (AvgIpc) is 3.60. The SMILES string of the molecule is COc1ccc(C(OC[C@]2(CO[Si](C(C)C)(C(C)C)C(C)C)CN(CCOCCO[C@@H]3O[C@H](COC(C)=O)[C@H](OC(C)=O)[C@H](OC(C)=O)[C@H]3NC(C)=O)C[C@H](n3cc(C)c(=O)[nH]c3=O)O2)(c2ccccc2)c2ccc(OC)cc2)cc1. The van der Waals surface area contributed by atoms with Gasteiger partial charge in [0, 0.05) is 59.1 Å². The fourth-order valence-corrected chi connectivity index (χ4v) is 16.9. The highest BCUT2D eigenvalue weighted by molar-refractivity contribution is 6.77. The molecule has 81 heavy (non-hydrogen) atoms. The molecule has 22 heteroatoms. The molecule has 21 nitrogen and oxygen atoms in total. The lowest BCUT2D eigenvalue weighted by atomic mass is 9.79. The molecule has 4 aromatic rings. The number of ether oxygens (including phenoxy) is 10. The van der Waals surface area contributed by atoms with E-state index < -0.39 is 91.5 Å². The second-order valence-electron chi connectivity index (χ2n) is 21.6. The average molecular weight is 1150 g/mol. The number of hydrogen-bond donors (Lipinski definition) is 2. The summed E-state index contributed by atoms with van der Waals surface area (Å²) >= 11 is 0. The third-order valence-corrected chi connectivity index (χ3v) is 21.0. The summed E-state index contributed by atoms with van der Waals surface area (Å²) in [5, 5.41) is 2.70. The summed E-state index contributed by atoms with van der Waals surface area (Å²) in [4.78, 5) is 80.6. The van der Waals surface area contributed by atoms with Gasteiger partial charge in [-0.2, -0.15) is 0 Å². The lowest BCUT2D eigenvalue weighted by Gasteiger charge is -2.50. The van der Waals surface area contributed by atoms with Crippen molar-refractivity contribution in [1.82, 2.24) is 19.8 Å². The van der Waals surface area contributed by atoms with Gasteiger partial charge < -0.3 is 57.1 Å². The zero-order valence-corrected chi connectivity index (χ0v) is 50.0. The van der Waals surface area contributed by atoms with Crippen LogP contribution in [0.2, 0.25) is 16.6 Å². The minimum atomic E-state index is -2.64. The highest BCUT2D eigenvalue weighted by Gasteiger charge is 2.53. The molecule has 0 spiro atoms. The summed E-state index contributed by atoms with van der Waals surface area (Å²) in [5.41, 5.74) is -0.413. The molecule has 3 aromatic carbocycles. The number of rotatable bonds is 27. The molecule has 7 atom stereocenters. The van der Waals surface area contributed by atoms with Gasteiger partial charge in [0.1, 0.15) is 41.5 Å². The zero-order chi connectivity index (χ0) is 59.2. The van der Waals surface area contributed by atoms with Crippen LogP contribution in [0.1, 0.15) is 97.7 Å². The van der Waals surface area contributed by atoms with Crippen molar-refractivity contribution in [3.63, 3.8) is 0 Å². The number of amides is 1. The number of nitrogens with one attached hydrogen (secondary N) is 2. The van der Waals surface area contributed by atoms with Gasteiger partial charge in [-0.05, 0) is 64.5 Å². The smallest absolute Gasteiger partial charge is 0.330 e. The molecule has 0 bridgehead atoms. The van der Waals surface area contributed by atoms with Gasteiger partial charge in [-0.3, -0.25) is 38.4 Å². The number of aromatic amines is 1. The lowest BCUT2D eigenvalue weighted by molar-refractivity contribution is -0.279. The molecule has 2 saturated heterocycles. The Morgan fingerprint density at radius 1 is 0.753 bits per heavy atom.